The molecule has 0 aliphatic carbocycles. The molecule has 0 bridgehead atoms. The molecule has 2 rings (SSSR count). The smallest absolute Gasteiger partial charge is 0.181 e. The summed E-state index contributed by atoms with van der Waals surface area (Å²) in [6, 6.07) is 11.8. The molecule has 0 spiro atoms. The van der Waals surface area contributed by atoms with Gasteiger partial charge in [-0.2, -0.15) is 0 Å². The number of Topliss-reactive ketones (excluding diaryl/α,β-unsaturated/α-hetero) is 1. The predicted octanol–water partition coefficient (Wildman–Crippen LogP) is 5.31. The van der Waals surface area contributed by atoms with Gasteiger partial charge in [0.15, 0.2) is 17.3 Å². The van der Waals surface area contributed by atoms with Gasteiger partial charge < -0.3 is 14.8 Å². The molecule has 1 N–H and O–H groups in total. The Bertz CT molecular complexity index is 755. The molecule has 0 aromatic heterocycles. The van der Waals surface area contributed by atoms with E-state index in [1.807, 2.05) is 19.9 Å². The largest absolute Gasteiger partial charge is 0.453 e. The summed E-state index contributed by atoms with van der Waals surface area (Å²) in [7, 11) is 1.49. The van der Waals surface area contributed by atoms with Crippen LogP contribution in [-0.4, -0.2) is 25.5 Å². The van der Waals surface area contributed by atoms with Crippen LogP contribution in [0.15, 0.2) is 42.5 Å². The minimum atomic E-state index is -0.499. The normalized spacial score (nSPS) is 13.2. The zero-order chi connectivity index (χ0) is 19.8. The van der Waals surface area contributed by atoms with Crippen molar-refractivity contribution in [3.8, 4) is 11.5 Å². The maximum absolute atomic E-state index is 15.2. The van der Waals surface area contributed by atoms with Gasteiger partial charge in [0.25, 0.3) is 0 Å². The van der Waals surface area contributed by atoms with Crippen LogP contribution in [0.5, 0.6) is 11.5 Å². The summed E-state index contributed by atoms with van der Waals surface area (Å²) in [5.41, 5.74) is 0.457. The van der Waals surface area contributed by atoms with Crippen LogP contribution < -0.4 is 10.1 Å². The summed E-state index contributed by atoms with van der Waals surface area (Å²) in [5.74, 6) is 0.0110. The van der Waals surface area contributed by atoms with Crippen molar-refractivity contribution in [3.05, 3.63) is 58.9 Å². The molecule has 2 aromatic carbocycles. The number of ketones is 1. The van der Waals surface area contributed by atoms with Crippen LogP contribution in [0.1, 0.15) is 38.3 Å². The summed E-state index contributed by atoms with van der Waals surface area (Å²) < 4.78 is 25.7. The lowest BCUT2D eigenvalue weighted by molar-refractivity contribution is -0.123. The molecule has 2 aromatic rings. The zero-order valence-corrected chi connectivity index (χ0v) is 16.6. The molecule has 6 heteroatoms. The Labute approximate surface area is 164 Å². The van der Waals surface area contributed by atoms with Gasteiger partial charge in [-0.25, -0.2) is 4.39 Å². The molecule has 27 heavy (non-hydrogen) atoms. The van der Waals surface area contributed by atoms with Gasteiger partial charge in [-0.3, -0.25) is 4.79 Å². The lowest BCUT2D eigenvalue weighted by atomic mass is 10.0. The number of hydrogen-bond donors (Lipinski definition) is 1. The monoisotopic (exact) mass is 393 g/mol. The Morgan fingerprint density at radius 1 is 1.22 bits per heavy atom. The standard InChI is InChI=1S/C21H25ClFNO3/c1-4-19(24-14(2)12-15(25)13-26-3)17-10-11-18(22)21(20(17)23)27-16-8-6-5-7-9-16/h5-11,14,19,24H,4,12-13H2,1-3H3/t14-,19-/m1/s1. The number of halogens is 2. The van der Waals surface area contributed by atoms with E-state index in [1.54, 1.807) is 36.4 Å². The summed E-state index contributed by atoms with van der Waals surface area (Å²) >= 11 is 6.16. The summed E-state index contributed by atoms with van der Waals surface area (Å²) in [6.07, 6.45) is 0.957. The first-order valence-corrected chi connectivity index (χ1v) is 9.31. The maximum atomic E-state index is 15.2. The maximum Gasteiger partial charge on any atom is 0.181 e. The minimum absolute atomic E-state index is 0.00275. The van der Waals surface area contributed by atoms with Gasteiger partial charge in [-0.1, -0.05) is 42.8 Å². The molecule has 0 fully saturated rings. The Morgan fingerprint density at radius 3 is 2.56 bits per heavy atom. The Morgan fingerprint density at radius 2 is 1.93 bits per heavy atom. The van der Waals surface area contributed by atoms with Crippen LogP contribution in [0, 0.1) is 5.82 Å². The van der Waals surface area contributed by atoms with Crippen molar-refractivity contribution in [2.45, 2.75) is 38.8 Å². The summed E-state index contributed by atoms with van der Waals surface area (Å²) in [4.78, 5) is 11.8. The van der Waals surface area contributed by atoms with Crippen LogP contribution in [0.3, 0.4) is 0 Å². The molecule has 146 valence electrons. The van der Waals surface area contributed by atoms with Crippen molar-refractivity contribution in [1.29, 1.82) is 0 Å². The number of para-hydroxylation sites is 1. The van der Waals surface area contributed by atoms with Crippen LogP contribution in [-0.2, 0) is 9.53 Å². The van der Waals surface area contributed by atoms with Gasteiger partial charge in [0.1, 0.15) is 12.4 Å². The van der Waals surface area contributed by atoms with Crippen molar-refractivity contribution < 1.29 is 18.7 Å². The molecule has 0 heterocycles. The van der Waals surface area contributed by atoms with Crippen LogP contribution in [0.25, 0.3) is 0 Å². The quantitative estimate of drug-likeness (QED) is 0.594. The molecule has 0 aliphatic rings. The molecular weight excluding hydrogens is 369 g/mol. The van der Waals surface area contributed by atoms with Crippen molar-refractivity contribution in [2.24, 2.45) is 0 Å². The average Bonchev–Trinajstić information content (AvgIpc) is 2.64. The van der Waals surface area contributed by atoms with E-state index < -0.39 is 5.82 Å². The third kappa shape index (κ3) is 6.03. The van der Waals surface area contributed by atoms with Gasteiger partial charge in [0, 0.05) is 31.2 Å². The number of rotatable bonds is 10. The molecule has 4 nitrogen and oxygen atoms in total. The Hall–Kier alpha value is -1.95. The fraction of sp³-hybridized carbons (Fsp3) is 0.381. The lowest BCUT2D eigenvalue weighted by Crippen LogP contribution is -2.33. The van der Waals surface area contributed by atoms with Crippen LogP contribution >= 0.6 is 11.6 Å². The number of nitrogens with one attached hydrogen (secondary N) is 1. The second-order valence-corrected chi connectivity index (χ2v) is 6.81. The van der Waals surface area contributed by atoms with E-state index in [-0.39, 0.29) is 35.2 Å². The van der Waals surface area contributed by atoms with E-state index in [9.17, 15) is 4.79 Å². The number of carbonyl (C=O) groups excluding carboxylic acids is 1. The SMILES string of the molecule is CC[C@@H](N[C@H](C)CC(=O)COC)c1ccc(Cl)c(Oc2ccccc2)c1F. The fourth-order valence-electron chi connectivity index (χ4n) is 2.91. The van der Waals surface area contributed by atoms with Gasteiger partial charge in [0.05, 0.1) is 5.02 Å². The van der Waals surface area contributed by atoms with E-state index in [4.69, 9.17) is 21.1 Å². The highest BCUT2D eigenvalue weighted by Crippen LogP contribution is 2.36. The predicted molar refractivity (Wildman–Crippen MR) is 105 cm³/mol. The number of carbonyl (C=O) groups is 1. The molecule has 0 aliphatic heterocycles. The molecule has 0 unspecified atom stereocenters. The fourth-order valence-corrected chi connectivity index (χ4v) is 3.09. The summed E-state index contributed by atoms with van der Waals surface area (Å²) in [5, 5.41) is 3.52. The van der Waals surface area contributed by atoms with E-state index in [1.165, 1.54) is 7.11 Å². The third-order valence-electron chi connectivity index (χ3n) is 4.15. The summed E-state index contributed by atoms with van der Waals surface area (Å²) in [6.45, 7) is 3.92. The van der Waals surface area contributed by atoms with Crippen molar-refractivity contribution >= 4 is 17.4 Å². The highest BCUT2D eigenvalue weighted by atomic mass is 35.5. The van der Waals surface area contributed by atoms with Gasteiger partial charge in [-0.05, 0) is 31.5 Å². The van der Waals surface area contributed by atoms with E-state index in [0.717, 1.165) is 0 Å². The second kappa shape index (κ2) is 10.4. The molecule has 0 amide bonds. The first-order chi connectivity index (χ1) is 13.0. The first-order valence-electron chi connectivity index (χ1n) is 8.93. The molecule has 0 radical (unpaired) electrons. The second-order valence-electron chi connectivity index (χ2n) is 6.40. The number of ether oxygens (including phenoxy) is 2. The topological polar surface area (TPSA) is 47.6 Å². The van der Waals surface area contributed by atoms with Crippen molar-refractivity contribution in [2.75, 3.05) is 13.7 Å². The molecular formula is C21H25ClFNO3. The molecule has 0 saturated carbocycles. The highest BCUT2D eigenvalue weighted by Gasteiger charge is 2.22. The van der Waals surface area contributed by atoms with Crippen molar-refractivity contribution in [3.63, 3.8) is 0 Å². The Balaban J connectivity index is 2.20. The van der Waals surface area contributed by atoms with Gasteiger partial charge in [-0.15, -0.1) is 0 Å². The van der Waals surface area contributed by atoms with E-state index >= 15 is 4.39 Å². The van der Waals surface area contributed by atoms with Crippen LogP contribution in [0.4, 0.5) is 4.39 Å². The number of methoxy groups -OCH3 is 1. The van der Waals surface area contributed by atoms with Gasteiger partial charge >= 0.3 is 0 Å². The first kappa shape index (κ1) is 21.4. The van der Waals surface area contributed by atoms with E-state index in [0.29, 0.717) is 24.2 Å². The minimum Gasteiger partial charge on any atom is -0.453 e. The molecule has 0 saturated heterocycles. The average molecular weight is 394 g/mol. The lowest BCUT2D eigenvalue weighted by Gasteiger charge is -2.24. The van der Waals surface area contributed by atoms with Crippen LogP contribution in [0.2, 0.25) is 5.02 Å². The number of hydrogen-bond acceptors (Lipinski definition) is 4. The molecule has 2 atom stereocenters. The van der Waals surface area contributed by atoms with Crippen molar-refractivity contribution in [1.82, 2.24) is 5.32 Å². The number of benzene rings is 2. The van der Waals surface area contributed by atoms with E-state index in [2.05, 4.69) is 5.32 Å². The van der Waals surface area contributed by atoms with Gasteiger partial charge in [0.2, 0.25) is 0 Å². The third-order valence-corrected chi connectivity index (χ3v) is 4.45. The zero-order valence-electron chi connectivity index (χ0n) is 15.8. The highest BCUT2D eigenvalue weighted by molar-refractivity contribution is 6.32. The Kier molecular flexibility index (Phi) is 8.23.